The second-order valence-corrected chi connectivity index (χ2v) is 9.89. The smallest absolute Gasteiger partial charge is 0.206 e. The molecule has 2 fully saturated rings. The third-order valence-corrected chi connectivity index (χ3v) is 7.85. The van der Waals surface area contributed by atoms with Crippen LogP contribution in [0.5, 0.6) is 0 Å². The van der Waals surface area contributed by atoms with Gasteiger partial charge in [0.05, 0.1) is 5.56 Å². The summed E-state index contributed by atoms with van der Waals surface area (Å²) >= 11 is 0. The number of alkyl halides is 3. The van der Waals surface area contributed by atoms with Crippen LogP contribution in [0.1, 0.15) is 101 Å². The van der Waals surface area contributed by atoms with Gasteiger partial charge in [-0.2, -0.15) is 13.2 Å². The average molecular weight is 439 g/mol. The summed E-state index contributed by atoms with van der Waals surface area (Å²) in [7, 11) is 0. The number of hydrogen-bond donors (Lipinski definition) is 0. The van der Waals surface area contributed by atoms with E-state index < -0.39 is 17.6 Å². The van der Waals surface area contributed by atoms with Gasteiger partial charge in [-0.25, -0.2) is 4.39 Å². The highest BCUT2D eigenvalue weighted by Crippen LogP contribution is 2.43. The molecular formula is C27H38F4. The van der Waals surface area contributed by atoms with E-state index in [0.717, 1.165) is 37.0 Å². The first-order valence-corrected chi connectivity index (χ1v) is 12.3. The molecule has 0 aromatic heterocycles. The van der Waals surface area contributed by atoms with Crippen molar-refractivity contribution in [1.82, 2.24) is 0 Å². The Bertz CT molecular complexity index is 717. The van der Waals surface area contributed by atoms with Gasteiger partial charge >= 0.3 is 6.18 Å². The Hall–Kier alpha value is -1.32. The number of rotatable bonds is 7. The van der Waals surface area contributed by atoms with Crippen LogP contribution in [0.2, 0.25) is 0 Å². The molecule has 1 aromatic rings. The molecule has 3 rings (SSSR count). The molecule has 0 N–H and O–H groups in total. The van der Waals surface area contributed by atoms with E-state index in [0.29, 0.717) is 12.3 Å². The minimum absolute atomic E-state index is 0.0922. The largest absolute Gasteiger partial charge is 0.419 e. The molecule has 2 aliphatic rings. The van der Waals surface area contributed by atoms with Crippen LogP contribution in [-0.2, 0) is 12.6 Å². The Morgan fingerprint density at radius 1 is 0.871 bits per heavy atom. The summed E-state index contributed by atoms with van der Waals surface area (Å²) < 4.78 is 55.0. The third-order valence-electron chi connectivity index (χ3n) is 7.85. The molecule has 0 spiro atoms. The van der Waals surface area contributed by atoms with Gasteiger partial charge in [0.1, 0.15) is 5.82 Å². The fourth-order valence-electron chi connectivity index (χ4n) is 6.10. The Morgan fingerprint density at radius 3 is 1.90 bits per heavy atom. The molecule has 0 amide bonds. The fourth-order valence-corrected chi connectivity index (χ4v) is 6.10. The summed E-state index contributed by atoms with van der Waals surface area (Å²) in [6.07, 6.45) is 12.3. The molecule has 1 aromatic carbocycles. The number of benzene rings is 1. The summed E-state index contributed by atoms with van der Waals surface area (Å²) in [6.45, 7) is 3.92. The van der Waals surface area contributed by atoms with Crippen molar-refractivity contribution < 1.29 is 17.6 Å². The van der Waals surface area contributed by atoms with Gasteiger partial charge < -0.3 is 0 Å². The van der Waals surface area contributed by atoms with Crippen molar-refractivity contribution in [1.29, 1.82) is 0 Å². The summed E-state index contributed by atoms with van der Waals surface area (Å²) in [5.41, 5.74) is -1.01. The number of halogens is 4. The van der Waals surface area contributed by atoms with Crippen LogP contribution in [0.4, 0.5) is 17.6 Å². The standard InChI is InChI=1S/C27H38F4/c1-3-5-19-7-12-21(13-8-19)22-14-9-20(10-15-22)11-16-24-18-17-23(6-4-2)25(26(24)28)27(29,30)31/h4,6,17-22H,3,5,7-16H2,1-2H3. The molecule has 0 heterocycles. The minimum atomic E-state index is -4.68. The molecule has 0 saturated heterocycles. The maximum Gasteiger partial charge on any atom is 0.419 e. The normalized spacial score (nSPS) is 27.7. The predicted octanol–water partition coefficient (Wildman–Crippen LogP) is 9.22. The van der Waals surface area contributed by atoms with Gasteiger partial charge in [0.25, 0.3) is 0 Å². The second kappa shape index (κ2) is 11.0. The third kappa shape index (κ3) is 6.35. The van der Waals surface area contributed by atoms with Crippen molar-refractivity contribution in [3.05, 3.63) is 40.7 Å². The number of aryl methyl sites for hydroxylation is 1. The van der Waals surface area contributed by atoms with E-state index in [9.17, 15) is 17.6 Å². The summed E-state index contributed by atoms with van der Waals surface area (Å²) in [4.78, 5) is 0. The van der Waals surface area contributed by atoms with Gasteiger partial charge in [-0.1, -0.05) is 69.7 Å². The molecule has 2 saturated carbocycles. The summed E-state index contributed by atoms with van der Waals surface area (Å²) in [5.74, 6) is 2.07. The van der Waals surface area contributed by atoms with Crippen LogP contribution >= 0.6 is 0 Å². The zero-order valence-electron chi connectivity index (χ0n) is 19.1. The lowest BCUT2D eigenvalue weighted by atomic mass is 9.68. The molecular weight excluding hydrogens is 400 g/mol. The maximum atomic E-state index is 14.7. The van der Waals surface area contributed by atoms with E-state index in [4.69, 9.17) is 0 Å². The van der Waals surface area contributed by atoms with E-state index in [1.807, 2.05) is 0 Å². The van der Waals surface area contributed by atoms with Gasteiger partial charge in [0.15, 0.2) is 0 Å². The first-order chi connectivity index (χ1) is 14.8. The zero-order valence-corrected chi connectivity index (χ0v) is 19.1. The molecule has 31 heavy (non-hydrogen) atoms. The van der Waals surface area contributed by atoms with Gasteiger partial charge in [-0.15, -0.1) is 0 Å². The molecule has 2 aliphatic carbocycles. The quantitative estimate of drug-likeness (QED) is 0.372. The van der Waals surface area contributed by atoms with Crippen molar-refractivity contribution in [2.45, 2.75) is 97.1 Å². The van der Waals surface area contributed by atoms with E-state index in [-0.39, 0.29) is 11.1 Å². The molecule has 0 bridgehead atoms. The Kier molecular flexibility index (Phi) is 8.64. The summed E-state index contributed by atoms with van der Waals surface area (Å²) in [5, 5.41) is 0. The minimum Gasteiger partial charge on any atom is -0.206 e. The van der Waals surface area contributed by atoms with Crippen LogP contribution in [0.15, 0.2) is 18.2 Å². The highest BCUT2D eigenvalue weighted by Gasteiger charge is 2.37. The van der Waals surface area contributed by atoms with Crippen molar-refractivity contribution in [3.63, 3.8) is 0 Å². The zero-order chi connectivity index (χ0) is 22.4. The molecule has 0 atom stereocenters. The van der Waals surface area contributed by atoms with Gasteiger partial charge in [0, 0.05) is 0 Å². The molecule has 0 aliphatic heterocycles. The first-order valence-electron chi connectivity index (χ1n) is 12.3. The van der Waals surface area contributed by atoms with Crippen LogP contribution in [0.25, 0.3) is 6.08 Å². The molecule has 0 unspecified atom stereocenters. The molecule has 4 heteroatoms. The van der Waals surface area contributed by atoms with Crippen LogP contribution in [0.3, 0.4) is 0 Å². The highest BCUT2D eigenvalue weighted by molar-refractivity contribution is 5.56. The maximum absolute atomic E-state index is 14.7. The topological polar surface area (TPSA) is 0 Å². The lowest BCUT2D eigenvalue weighted by molar-refractivity contribution is -0.140. The number of hydrogen-bond acceptors (Lipinski definition) is 0. The van der Waals surface area contributed by atoms with Crippen LogP contribution in [-0.4, -0.2) is 0 Å². The van der Waals surface area contributed by atoms with E-state index in [1.54, 1.807) is 13.0 Å². The fraction of sp³-hybridized carbons (Fsp3) is 0.704. The highest BCUT2D eigenvalue weighted by atomic mass is 19.4. The Labute approximate surface area is 185 Å². The van der Waals surface area contributed by atoms with E-state index >= 15 is 0 Å². The Morgan fingerprint density at radius 2 is 1.42 bits per heavy atom. The number of allylic oxidation sites excluding steroid dienone is 1. The molecule has 0 nitrogen and oxygen atoms in total. The van der Waals surface area contributed by atoms with Gasteiger partial charge in [-0.3, -0.25) is 0 Å². The first kappa shape index (κ1) is 24.3. The van der Waals surface area contributed by atoms with Gasteiger partial charge in [0.2, 0.25) is 0 Å². The lowest BCUT2D eigenvalue weighted by Crippen LogP contribution is -2.26. The van der Waals surface area contributed by atoms with Crippen LogP contribution in [0, 0.1) is 29.5 Å². The lowest BCUT2D eigenvalue weighted by Gasteiger charge is -2.38. The van der Waals surface area contributed by atoms with Crippen LogP contribution < -0.4 is 0 Å². The Balaban J connectivity index is 1.52. The van der Waals surface area contributed by atoms with Crippen molar-refractivity contribution in [2.24, 2.45) is 23.7 Å². The van der Waals surface area contributed by atoms with Crippen molar-refractivity contribution in [2.75, 3.05) is 0 Å². The molecule has 0 radical (unpaired) electrons. The monoisotopic (exact) mass is 438 g/mol. The van der Waals surface area contributed by atoms with E-state index in [2.05, 4.69) is 6.92 Å². The van der Waals surface area contributed by atoms with Crippen molar-refractivity contribution in [3.8, 4) is 0 Å². The second-order valence-electron chi connectivity index (χ2n) is 9.89. The van der Waals surface area contributed by atoms with E-state index in [1.165, 1.54) is 69.6 Å². The SMILES string of the molecule is CC=Cc1ccc(CCC2CCC(C3CCC(CCC)CC3)CC2)c(F)c1C(F)(F)F. The average Bonchev–Trinajstić information content (AvgIpc) is 2.74. The van der Waals surface area contributed by atoms with Crippen molar-refractivity contribution >= 4 is 6.08 Å². The predicted molar refractivity (Wildman–Crippen MR) is 120 cm³/mol. The molecule has 174 valence electrons. The van der Waals surface area contributed by atoms with Gasteiger partial charge in [-0.05, 0) is 80.2 Å². The summed E-state index contributed by atoms with van der Waals surface area (Å²) in [6, 6.07) is 2.95.